The molecule has 1 spiro atoms. The molecule has 2 aliphatic heterocycles. The van der Waals surface area contributed by atoms with Crippen molar-refractivity contribution in [2.24, 2.45) is 0 Å². The van der Waals surface area contributed by atoms with E-state index in [0.29, 0.717) is 42.8 Å². The van der Waals surface area contributed by atoms with E-state index < -0.39 is 12.1 Å². The minimum absolute atomic E-state index is 0.0382. The van der Waals surface area contributed by atoms with Gasteiger partial charge in [-0.05, 0) is 86.8 Å². The minimum Gasteiger partial charge on any atom is -0.487 e. The summed E-state index contributed by atoms with van der Waals surface area (Å²) in [5, 5.41) is 18.7. The number of aliphatic hydroxyl groups is 1. The normalized spacial score (nSPS) is 19.1. The third kappa shape index (κ3) is 6.49. The van der Waals surface area contributed by atoms with Gasteiger partial charge < -0.3 is 25.0 Å². The molecule has 0 saturated heterocycles. The Balaban J connectivity index is 1.15. The molecule has 1 amide bonds. The Hall–Kier alpha value is -4.27. The molecule has 3 N–H and O–H groups in total. The first-order valence-electron chi connectivity index (χ1n) is 17.2. The lowest BCUT2D eigenvalue weighted by molar-refractivity contribution is 0.0326. The van der Waals surface area contributed by atoms with Gasteiger partial charge in [0.15, 0.2) is 0 Å². The summed E-state index contributed by atoms with van der Waals surface area (Å²) < 4.78 is 8.36. The fraction of sp³-hybridized carbons (Fsp3) is 0.410. The third-order valence-electron chi connectivity index (χ3n) is 10.3. The van der Waals surface area contributed by atoms with Crippen LogP contribution in [0.2, 0.25) is 0 Å². The zero-order valence-corrected chi connectivity index (χ0v) is 27.1. The van der Waals surface area contributed by atoms with Crippen molar-refractivity contribution >= 4 is 5.91 Å². The van der Waals surface area contributed by atoms with E-state index in [0.717, 1.165) is 54.7 Å². The number of carbonyl (C=O) groups is 1. The van der Waals surface area contributed by atoms with E-state index >= 15 is 0 Å². The molecule has 2 aromatic carbocycles. The lowest BCUT2D eigenvalue weighted by Crippen LogP contribution is -2.50. The Bertz CT molecular complexity index is 1780. The molecule has 3 aliphatic rings. The number of rotatable bonds is 10. The Morgan fingerprint density at radius 3 is 2.62 bits per heavy atom. The van der Waals surface area contributed by atoms with Gasteiger partial charge in [0.2, 0.25) is 0 Å². The number of aliphatic hydroxyl groups excluding tert-OH is 1. The molecule has 1 aliphatic carbocycles. The van der Waals surface area contributed by atoms with Crippen LogP contribution in [-0.4, -0.2) is 44.9 Å². The molecular weight excluding hydrogens is 588 g/mol. The molecule has 4 heterocycles. The lowest BCUT2D eigenvalue weighted by atomic mass is 9.85. The van der Waals surface area contributed by atoms with Gasteiger partial charge in [0.1, 0.15) is 11.4 Å². The summed E-state index contributed by atoms with van der Waals surface area (Å²) in [6.45, 7) is 3.04. The molecule has 0 unspecified atom stereocenters. The van der Waals surface area contributed by atoms with Crippen molar-refractivity contribution in [3.63, 3.8) is 0 Å². The van der Waals surface area contributed by atoms with Crippen molar-refractivity contribution in [3.8, 4) is 17.0 Å². The molecule has 8 heteroatoms. The van der Waals surface area contributed by atoms with Crippen LogP contribution in [-0.2, 0) is 25.8 Å². The average Bonchev–Trinajstić information content (AvgIpc) is 3.78. The highest BCUT2D eigenvalue weighted by atomic mass is 16.5. The first-order valence-corrected chi connectivity index (χ1v) is 17.2. The second-order valence-corrected chi connectivity index (χ2v) is 13.4. The number of hydrogen-bond donors (Lipinski definition) is 3. The molecule has 4 aromatic rings. The van der Waals surface area contributed by atoms with Gasteiger partial charge in [-0.2, -0.15) is 0 Å². The summed E-state index contributed by atoms with van der Waals surface area (Å²) in [4.78, 5) is 31.9. The lowest BCUT2D eigenvalue weighted by Gasteiger charge is -2.41. The summed E-state index contributed by atoms with van der Waals surface area (Å²) in [5.74, 6) is 0.648. The summed E-state index contributed by atoms with van der Waals surface area (Å²) in [5.41, 5.74) is 5.30. The summed E-state index contributed by atoms with van der Waals surface area (Å²) in [7, 11) is 0. The van der Waals surface area contributed by atoms with Crippen LogP contribution >= 0.6 is 0 Å². The topological polar surface area (TPSA) is 105 Å². The monoisotopic (exact) mass is 632 g/mol. The number of nitrogens with zero attached hydrogens (tertiary/aromatic N) is 2. The van der Waals surface area contributed by atoms with Gasteiger partial charge in [-0.25, -0.2) is 0 Å². The predicted octanol–water partition coefficient (Wildman–Crippen LogP) is 5.55. The van der Waals surface area contributed by atoms with Crippen molar-refractivity contribution in [3.05, 3.63) is 117 Å². The van der Waals surface area contributed by atoms with E-state index in [1.807, 2.05) is 36.4 Å². The van der Waals surface area contributed by atoms with Crippen LogP contribution in [0.25, 0.3) is 11.3 Å². The number of carbonyl (C=O) groups excluding carboxylic acids is 1. The molecule has 47 heavy (non-hydrogen) atoms. The van der Waals surface area contributed by atoms with Crippen LogP contribution < -0.4 is 20.9 Å². The smallest absolute Gasteiger partial charge is 0.260 e. The predicted molar refractivity (Wildman–Crippen MR) is 183 cm³/mol. The first kappa shape index (κ1) is 31.3. The molecule has 2 aromatic heterocycles. The molecule has 7 rings (SSSR count). The SMILES string of the molecule is CCc1ccc2c(c1)[C@@H](NC[C@@H](O)[C@H](Cc1ccccc1)NC(=O)c1cc(-c3ccccn3)c(=O)n3c1CCC3)CC1(CCCC1)O2. The number of amides is 1. The number of ether oxygens (including phenoxy) is 1. The van der Waals surface area contributed by atoms with Gasteiger partial charge in [0.05, 0.1) is 29.0 Å². The van der Waals surface area contributed by atoms with E-state index in [4.69, 9.17) is 4.74 Å². The number of pyridine rings is 2. The van der Waals surface area contributed by atoms with E-state index in [9.17, 15) is 14.7 Å². The fourth-order valence-electron chi connectivity index (χ4n) is 7.77. The summed E-state index contributed by atoms with van der Waals surface area (Å²) in [6, 6.07) is 23.0. The summed E-state index contributed by atoms with van der Waals surface area (Å²) in [6.07, 6.45) is 8.92. The van der Waals surface area contributed by atoms with Gasteiger partial charge in [-0.3, -0.25) is 14.6 Å². The fourth-order valence-corrected chi connectivity index (χ4v) is 7.77. The standard InChI is InChI=1S/C39H44N4O4/c1-2-26-15-16-36-28(21-26)33(24-39(47-36)17-7-8-18-39)41-25-35(44)32(22-27-11-4-3-5-12-27)42-37(45)30-23-29(31-13-6-9-19-40-31)38(46)43-20-10-14-34(30)43/h3-6,9,11-13,15-16,19,21,23,32-33,35,41,44H,2,7-8,10,14,17-18,20,22,24-25H2,1H3,(H,42,45)/t32-,33-,35+/m0/s1. The van der Waals surface area contributed by atoms with Crippen molar-refractivity contribution < 1.29 is 14.6 Å². The van der Waals surface area contributed by atoms with Crippen LogP contribution in [0.3, 0.4) is 0 Å². The van der Waals surface area contributed by atoms with Crippen LogP contribution in [0.15, 0.2) is 83.8 Å². The van der Waals surface area contributed by atoms with Crippen molar-refractivity contribution in [1.82, 2.24) is 20.2 Å². The van der Waals surface area contributed by atoms with Crippen LogP contribution in [0.1, 0.15) is 84.2 Å². The number of nitrogens with one attached hydrogen (secondary N) is 2. The maximum atomic E-state index is 14.1. The Labute approximate surface area is 276 Å². The Morgan fingerprint density at radius 1 is 1.04 bits per heavy atom. The second kappa shape index (κ2) is 13.5. The number of aryl methyl sites for hydroxylation is 1. The van der Waals surface area contributed by atoms with E-state index in [-0.39, 0.29) is 23.1 Å². The van der Waals surface area contributed by atoms with Gasteiger partial charge in [-0.15, -0.1) is 0 Å². The average molecular weight is 633 g/mol. The van der Waals surface area contributed by atoms with Crippen LogP contribution in [0.5, 0.6) is 5.75 Å². The molecule has 0 bridgehead atoms. The maximum Gasteiger partial charge on any atom is 0.260 e. The number of hydrogen-bond acceptors (Lipinski definition) is 6. The van der Waals surface area contributed by atoms with Crippen molar-refractivity contribution in [1.29, 1.82) is 0 Å². The van der Waals surface area contributed by atoms with Gasteiger partial charge in [-0.1, -0.05) is 55.5 Å². The van der Waals surface area contributed by atoms with E-state index in [1.165, 1.54) is 18.4 Å². The van der Waals surface area contributed by atoms with E-state index in [2.05, 4.69) is 40.7 Å². The molecule has 244 valence electrons. The second-order valence-electron chi connectivity index (χ2n) is 13.4. The van der Waals surface area contributed by atoms with Gasteiger partial charge in [0.25, 0.3) is 11.5 Å². The first-order chi connectivity index (χ1) is 22.9. The number of benzene rings is 2. The van der Waals surface area contributed by atoms with E-state index in [1.54, 1.807) is 29.0 Å². The Kier molecular flexibility index (Phi) is 8.97. The zero-order chi connectivity index (χ0) is 32.4. The summed E-state index contributed by atoms with van der Waals surface area (Å²) >= 11 is 0. The third-order valence-corrected chi connectivity index (χ3v) is 10.3. The quantitative estimate of drug-likeness (QED) is 0.212. The molecule has 1 saturated carbocycles. The highest BCUT2D eigenvalue weighted by Gasteiger charge is 2.43. The van der Waals surface area contributed by atoms with Crippen LogP contribution in [0.4, 0.5) is 0 Å². The Morgan fingerprint density at radius 2 is 1.85 bits per heavy atom. The van der Waals surface area contributed by atoms with Crippen molar-refractivity contribution in [2.75, 3.05) is 6.54 Å². The van der Waals surface area contributed by atoms with Gasteiger partial charge in [0, 0.05) is 43.0 Å². The molecule has 1 fully saturated rings. The zero-order valence-electron chi connectivity index (χ0n) is 27.1. The number of aromatic nitrogens is 2. The molecule has 0 radical (unpaired) electrons. The molecular formula is C39H44N4O4. The maximum absolute atomic E-state index is 14.1. The molecule has 3 atom stereocenters. The van der Waals surface area contributed by atoms with Gasteiger partial charge >= 0.3 is 0 Å². The van der Waals surface area contributed by atoms with Crippen molar-refractivity contribution in [2.45, 2.75) is 95.0 Å². The highest BCUT2D eigenvalue weighted by molar-refractivity contribution is 5.96. The highest BCUT2D eigenvalue weighted by Crippen LogP contribution is 2.47. The number of fused-ring (bicyclic) bond motifs is 2. The molecule has 8 nitrogen and oxygen atoms in total. The van der Waals surface area contributed by atoms with Crippen LogP contribution in [0, 0.1) is 0 Å². The largest absolute Gasteiger partial charge is 0.487 e. The minimum atomic E-state index is -0.867.